The zero-order valence-electron chi connectivity index (χ0n) is 13.3. The van der Waals surface area contributed by atoms with Gasteiger partial charge in [0.15, 0.2) is 0 Å². The van der Waals surface area contributed by atoms with Crippen LogP contribution in [0.4, 0.5) is 4.79 Å². The largest absolute Gasteiger partial charge is 0.481 e. The van der Waals surface area contributed by atoms with Crippen LogP contribution in [0.25, 0.3) is 0 Å². The number of likely N-dealkylation sites (tertiary alicyclic amines) is 1. The van der Waals surface area contributed by atoms with Gasteiger partial charge in [0.25, 0.3) is 0 Å². The Hall–Kier alpha value is -2.04. The SMILES string of the molecule is Cc1cccc(C2CCCN2C(=O)NCCCC(=O)O)c1C. The van der Waals surface area contributed by atoms with E-state index in [0.717, 1.165) is 19.4 Å². The fourth-order valence-corrected chi connectivity index (χ4v) is 3.00. The highest BCUT2D eigenvalue weighted by atomic mass is 16.4. The molecule has 1 aliphatic heterocycles. The fraction of sp³-hybridized carbons (Fsp3) is 0.529. The van der Waals surface area contributed by atoms with Gasteiger partial charge in [-0.3, -0.25) is 4.79 Å². The second-order valence-electron chi connectivity index (χ2n) is 5.87. The molecular weight excluding hydrogens is 280 g/mol. The molecule has 1 fully saturated rings. The molecular formula is C17H24N2O3. The molecule has 2 amide bonds. The third kappa shape index (κ3) is 3.78. The Morgan fingerprint density at radius 1 is 1.36 bits per heavy atom. The quantitative estimate of drug-likeness (QED) is 0.822. The standard InChI is InChI=1S/C17H24N2O3/c1-12-6-3-7-14(13(12)2)15-8-5-11-19(15)17(22)18-10-4-9-16(20)21/h3,6-7,15H,4-5,8-11H2,1-2H3,(H,18,22)(H,20,21). The first-order valence-electron chi connectivity index (χ1n) is 7.83. The number of hydrogen-bond acceptors (Lipinski definition) is 2. The van der Waals surface area contributed by atoms with Crippen molar-refractivity contribution in [1.29, 1.82) is 0 Å². The van der Waals surface area contributed by atoms with E-state index in [1.807, 2.05) is 11.0 Å². The zero-order chi connectivity index (χ0) is 16.1. The van der Waals surface area contributed by atoms with Gasteiger partial charge in [-0.25, -0.2) is 4.79 Å². The summed E-state index contributed by atoms with van der Waals surface area (Å²) in [6.07, 6.45) is 2.52. The van der Waals surface area contributed by atoms with E-state index in [1.54, 1.807) is 0 Å². The number of benzene rings is 1. The molecule has 1 atom stereocenters. The monoisotopic (exact) mass is 304 g/mol. The van der Waals surface area contributed by atoms with E-state index in [0.29, 0.717) is 13.0 Å². The van der Waals surface area contributed by atoms with Crippen molar-refractivity contribution in [3.63, 3.8) is 0 Å². The minimum absolute atomic E-state index is 0.0840. The third-order valence-corrected chi connectivity index (χ3v) is 4.36. The normalized spacial score (nSPS) is 17.5. The molecule has 0 spiro atoms. The highest BCUT2D eigenvalue weighted by molar-refractivity contribution is 5.75. The van der Waals surface area contributed by atoms with Crippen LogP contribution >= 0.6 is 0 Å². The number of hydrogen-bond donors (Lipinski definition) is 2. The zero-order valence-corrected chi connectivity index (χ0v) is 13.3. The van der Waals surface area contributed by atoms with E-state index < -0.39 is 5.97 Å². The predicted octanol–water partition coefficient (Wildman–Crippen LogP) is 3.01. The molecule has 1 saturated heterocycles. The maximum Gasteiger partial charge on any atom is 0.317 e. The van der Waals surface area contributed by atoms with E-state index in [4.69, 9.17) is 5.11 Å². The van der Waals surface area contributed by atoms with Gasteiger partial charge in [0.2, 0.25) is 0 Å². The first-order chi connectivity index (χ1) is 10.5. The third-order valence-electron chi connectivity index (χ3n) is 4.36. The highest BCUT2D eigenvalue weighted by Gasteiger charge is 2.30. The molecule has 0 saturated carbocycles. The van der Waals surface area contributed by atoms with Crippen molar-refractivity contribution < 1.29 is 14.7 Å². The number of carbonyl (C=O) groups excluding carboxylic acids is 1. The predicted molar refractivity (Wildman–Crippen MR) is 84.9 cm³/mol. The number of amides is 2. The van der Waals surface area contributed by atoms with Crippen molar-refractivity contribution in [1.82, 2.24) is 10.2 Å². The van der Waals surface area contributed by atoms with Gasteiger partial charge in [-0.1, -0.05) is 18.2 Å². The Morgan fingerprint density at radius 3 is 2.86 bits per heavy atom. The van der Waals surface area contributed by atoms with Crippen molar-refractivity contribution in [2.24, 2.45) is 0 Å². The lowest BCUT2D eigenvalue weighted by atomic mass is 9.96. The smallest absolute Gasteiger partial charge is 0.317 e. The Labute approximate surface area is 131 Å². The second kappa shape index (κ2) is 7.29. The molecule has 1 aromatic carbocycles. The Balaban J connectivity index is 1.99. The number of carboxylic acid groups (broad SMARTS) is 1. The Kier molecular flexibility index (Phi) is 5.41. The summed E-state index contributed by atoms with van der Waals surface area (Å²) in [5, 5.41) is 11.5. The number of rotatable bonds is 5. The molecule has 22 heavy (non-hydrogen) atoms. The van der Waals surface area contributed by atoms with Gasteiger partial charge >= 0.3 is 12.0 Å². The van der Waals surface area contributed by atoms with Crippen LogP contribution in [-0.4, -0.2) is 35.1 Å². The molecule has 2 N–H and O–H groups in total. The molecule has 1 unspecified atom stereocenters. The summed E-state index contributed by atoms with van der Waals surface area (Å²) < 4.78 is 0. The summed E-state index contributed by atoms with van der Waals surface area (Å²) in [4.78, 5) is 24.7. The van der Waals surface area contributed by atoms with Crippen molar-refractivity contribution in [2.45, 2.75) is 45.6 Å². The van der Waals surface area contributed by atoms with Crippen LogP contribution in [0, 0.1) is 13.8 Å². The van der Waals surface area contributed by atoms with Gasteiger partial charge in [0, 0.05) is 19.5 Å². The average molecular weight is 304 g/mol. The molecule has 0 aliphatic carbocycles. The number of aliphatic carboxylic acids is 1. The second-order valence-corrected chi connectivity index (χ2v) is 5.87. The fourth-order valence-electron chi connectivity index (χ4n) is 3.00. The minimum atomic E-state index is -0.830. The first kappa shape index (κ1) is 16.3. The van der Waals surface area contributed by atoms with E-state index in [9.17, 15) is 9.59 Å². The van der Waals surface area contributed by atoms with Crippen LogP contribution in [0.5, 0.6) is 0 Å². The topological polar surface area (TPSA) is 69.6 Å². The number of nitrogens with zero attached hydrogens (tertiary/aromatic N) is 1. The number of carbonyl (C=O) groups is 2. The molecule has 5 heteroatoms. The lowest BCUT2D eigenvalue weighted by Crippen LogP contribution is -2.40. The number of urea groups is 1. The molecule has 0 aromatic heterocycles. The van der Waals surface area contributed by atoms with Crippen molar-refractivity contribution in [2.75, 3.05) is 13.1 Å². The van der Waals surface area contributed by atoms with Crippen LogP contribution in [0.3, 0.4) is 0 Å². The van der Waals surface area contributed by atoms with E-state index in [-0.39, 0.29) is 18.5 Å². The summed E-state index contributed by atoms with van der Waals surface area (Å²) >= 11 is 0. The molecule has 1 heterocycles. The molecule has 2 rings (SSSR count). The first-order valence-corrected chi connectivity index (χ1v) is 7.83. The number of carboxylic acids is 1. The molecule has 120 valence electrons. The average Bonchev–Trinajstić information content (AvgIpc) is 2.95. The van der Waals surface area contributed by atoms with Gasteiger partial charge in [-0.05, 0) is 49.8 Å². The van der Waals surface area contributed by atoms with Crippen LogP contribution in [0.2, 0.25) is 0 Å². The summed E-state index contributed by atoms with van der Waals surface area (Å²) in [5.41, 5.74) is 3.71. The summed E-state index contributed by atoms with van der Waals surface area (Å²) in [7, 11) is 0. The molecule has 0 bridgehead atoms. The van der Waals surface area contributed by atoms with Crippen molar-refractivity contribution in [3.05, 3.63) is 34.9 Å². The van der Waals surface area contributed by atoms with Gasteiger partial charge in [-0.15, -0.1) is 0 Å². The van der Waals surface area contributed by atoms with Crippen molar-refractivity contribution in [3.8, 4) is 0 Å². The van der Waals surface area contributed by atoms with Crippen LogP contribution in [-0.2, 0) is 4.79 Å². The minimum Gasteiger partial charge on any atom is -0.481 e. The van der Waals surface area contributed by atoms with Crippen LogP contribution in [0.15, 0.2) is 18.2 Å². The molecule has 1 aromatic rings. The number of nitrogens with one attached hydrogen (secondary N) is 1. The molecule has 5 nitrogen and oxygen atoms in total. The maximum absolute atomic E-state index is 12.3. The summed E-state index contributed by atoms with van der Waals surface area (Å²) in [5.74, 6) is -0.830. The van der Waals surface area contributed by atoms with Crippen molar-refractivity contribution >= 4 is 12.0 Å². The van der Waals surface area contributed by atoms with Crippen LogP contribution in [0.1, 0.15) is 48.4 Å². The van der Waals surface area contributed by atoms with Gasteiger partial charge < -0.3 is 15.3 Å². The summed E-state index contributed by atoms with van der Waals surface area (Å²) in [6, 6.07) is 6.26. The van der Waals surface area contributed by atoms with E-state index >= 15 is 0 Å². The van der Waals surface area contributed by atoms with E-state index in [2.05, 4.69) is 31.3 Å². The van der Waals surface area contributed by atoms with Gasteiger partial charge in [-0.2, -0.15) is 0 Å². The lowest BCUT2D eigenvalue weighted by molar-refractivity contribution is -0.137. The lowest BCUT2D eigenvalue weighted by Gasteiger charge is -2.27. The van der Waals surface area contributed by atoms with E-state index in [1.165, 1.54) is 16.7 Å². The van der Waals surface area contributed by atoms with Gasteiger partial charge in [0.1, 0.15) is 0 Å². The summed E-state index contributed by atoms with van der Waals surface area (Å²) in [6.45, 7) is 5.35. The molecule has 1 aliphatic rings. The van der Waals surface area contributed by atoms with Gasteiger partial charge in [0.05, 0.1) is 6.04 Å². The highest BCUT2D eigenvalue weighted by Crippen LogP contribution is 2.34. The van der Waals surface area contributed by atoms with Crippen LogP contribution < -0.4 is 5.32 Å². The maximum atomic E-state index is 12.3. The molecule has 0 radical (unpaired) electrons. The Morgan fingerprint density at radius 2 is 2.14 bits per heavy atom. The number of aryl methyl sites for hydroxylation is 1. The Bertz CT molecular complexity index is 557.